The number of aliphatic hydroxyl groups is 2. The van der Waals surface area contributed by atoms with E-state index in [1.54, 1.807) is 6.08 Å². The first-order valence-corrected chi connectivity index (χ1v) is 24.7. The number of allylic oxidation sites excluding steroid dienone is 5. The van der Waals surface area contributed by atoms with Crippen molar-refractivity contribution in [3.05, 3.63) is 36.5 Å². The lowest BCUT2D eigenvalue weighted by molar-refractivity contribution is -0.123. The Morgan fingerprint density at radius 1 is 0.436 bits per heavy atom. The van der Waals surface area contributed by atoms with Crippen LogP contribution in [0, 0.1) is 0 Å². The van der Waals surface area contributed by atoms with Gasteiger partial charge in [0.25, 0.3) is 0 Å². The summed E-state index contributed by atoms with van der Waals surface area (Å²) in [7, 11) is 0. The molecule has 0 aromatic heterocycles. The van der Waals surface area contributed by atoms with Gasteiger partial charge >= 0.3 is 0 Å². The zero-order valence-corrected chi connectivity index (χ0v) is 37.2. The van der Waals surface area contributed by atoms with Gasteiger partial charge in [0.05, 0.1) is 18.8 Å². The Kier molecular flexibility index (Phi) is 45.8. The molecule has 0 saturated heterocycles. The Labute approximate surface area is 344 Å². The number of carbonyl (C=O) groups is 1. The summed E-state index contributed by atoms with van der Waals surface area (Å²) in [6, 6.07) is -0.616. The minimum absolute atomic E-state index is 0.0662. The zero-order valence-electron chi connectivity index (χ0n) is 37.2. The number of unbranched alkanes of at least 4 members (excludes halogenated alkanes) is 34. The molecule has 4 nitrogen and oxygen atoms in total. The third kappa shape index (κ3) is 43.6. The highest BCUT2D eigenvalue weighted by Crippen LogP contribution is 2.16. The summed E-state index contributed by atoms with van der Waals surface area (Å²) < 4.78 is 0. The number of aliphatic hydroxyl groups excluding tert-OH is 2. The van der Waals surface area contributed by atoms with Gasteiger partial charge in [0.15, 0.2) is 0 Å². The highest BCUT2D eigenvalue weighted by Gasteiger charge is 2.17. The molecule has 55 heavy (non-hydrogen) atoms. The van der Waals surface area contributed by atoms with E-state index in [2.05, 4.69) is 43.5 Å². The molecule has 0 saturated carbocycles. The minimum Gasteiger partial charge on any atom is -0.394 e. The van der Waals surface area contributed by atoms with Crippen LogP contribution in [0.5, 0.6) is 0 Å². The number of carbonyl (C=O) groups excluding carboxylic acids is 1. The van der Waals surface area contributed by atoms with E-state index >= 15 is 0 Å². The van der Waals surface area contributed by atoms with Crippen molar-refractivity contribution in [2.75, 3.05) is 6.61 Å². The predicted octanol–water partition coefficient (Wildman–Crippen LogP) is 15.7. The standard InChI is InChI=1S/C51H97NO3/c1-3-5-7-9-11-12-13-14-15-16-17-18-19-20-21-22-23-24-25-26-27-28-29-30-31-32-33-34-35-36-37-38-39-40-41-43-45-47-51(55)52-49(48-53)50(54)46-44-42-10-8-6-4-2/h13-14,16-17,44,46,49-50,53-54H,3-12,15,18-43,45,47-48H2,1-2H3,(H,52,55)/b14-13-,17-16-,46-44+. The molecule has 4 heteroatoms. The van der Waals surface area contributed by atoms with Crippen molar-refractivity contribution in [2.24, 2.45) is 0 Å². The van der Waals surface area contributed by atoms with Gasteiger partial charge in [-0.15, -0.1) is 0 Å². The molecule has 3 N–H and O–H groups in total. The molecule has 0 heterocycles. The van der Waals surface area contributed by atoms with Crippen LogP contribution in [-0.2, 0) is 4.79 Å². The van der Waals surface area contributed by atoms with Crippen molar-refractivity contribution in [1.82, 2.24) is 5.32 Å². The first-order chi connectivity index (χ1) is 27.2. The van der Waals surface area contributed by atoms with E-state index in [4.69, 9.17) is 0 Å². The lowest BCUT2D eigenvalue weighted by Gasteiger charge is -2.20. The third-order valence-corrected chi connectivity index (χ3v) is 11.4. The Hall–Kier alpha value is -1.39. The highest BCUT2D eigenvalue weighted by atomic mass is 16.3. The summed E-state index contributed by atoms with van der Waals surface area (Å²) >= 11 is 0. The van der Waals surface area contributed by atoms with Crippen LogP contribution in [0.2, 0.25) is 0 Å². The topological polar surface area (TPSA) is 69.6 Å². The van der Waals surface area contributed by atoms with Crippen molar-refractivity contribution < 1.29 is 15.0 Å². The molecule has 0 bridgehead atoms. The number of hydrogen-bond acceptors (Lipinski definition) is 3. The average molecular weight is 772 g/mol. The van der Waals surface area contributed by atoms with Crippen LogP contribution in [0.25, 0.3) is 0 Å². The average Bonchev–Trinajstić information content (AvgIpc) is 3.19. The maximum absolute atomic E-state index is 12.3. The second-order valence-electron chi connectivity index (χ2n) is 16.9. The van der Waals surface area contributed by atoms with E-state index in [9.17, 15) is 15.0 Å². The zero-order chi connectivity index (χ0) is 40.0. The normalized spacial score (nSPS) is 13.2. The Morgan fingerprint density at radius 2 is 0.745 bits per heavy atom. The van der Waals surface area contributed by atoms with Crippen LogP contribution < -0.4 is 5.32 Å². The SMILES string of the molecule is CCCCCC/C=C/C(O)C(CO)NC(=O)CCCCCCCCCCCCCCCCCCCCCCCCCCC/C=C\C/C=C\CCCCCCC. The molecule has 0 aromatic rings. The predicted molar refractivity (Wildman–Crippen MR) is 244 cm³/mol. The molecule has 0 spiro atoms. The fraction of sp³-hybridized carbons (Fsp3) is 0.863. The minimum atomic E-state index is -0.832. The second kappa shape index (κ2) is 47.0. The quantitative estimate of drug-likeness (QED) is 0.0426. The second-order valence-corrected chi connectivity index (χ2v) is 16.9. The van der Waals surface area contributed by atoms with Crippen LogP contribution in [0.3, 0.4) is 0 Å². The molecule has 0 aromatic carbocycles. The summed E-state index contributed by atoms with van der Waals surface area (Å²) in [5.74, 6) is -0.0662. The van der Waals surface area contributed by atoms with Gasteiger partial charge in [0.2, 0.25) is 5.91 Å². The molecule has 0 radical (unpaired) electrons. The summed E-state index contributed by atoms with van der Waals surface area (Å²) in [6.45, 7) is 4.23. The van der Waals surface area contributed by atoms with Gasteiger partial charge < -0.3 is 15.5 Å². The van der Waals surface area contributed by atoms with E-state index in [0.717, 1.165) is 32.1 Å². The molecule has 2 unspecified atom stereocenters. The van der Waals surface area contributed by atoms with Crippen molar-refractivity contribution in [3.63, 3.8) is 0 Å². The van der Waals surface area contributed by atoms with Gasteiger partial charge in [0.1, 0.15) is 0 Å². The molecule has 0 aliphatic rings. The van der Waals surface area contributed by atoms with Crippen LogP contribution in [0.4, 0.5) is 0 Å². The lowest BCUT2D eigenvalue weighted by atomic mass is 10.0. The van der Waals surface area contributed by atoms with Crippen molar-refractivity contribution in [1.29, 1.82) is 0 Å². The molecule has 0 rings (SSSR count). The maximum Gasteiger partial charge on any atom is 0.220 e. The van der Waals surface area contributed by atoms with Crippen LogP contribution in [0.15, 0.2) is 36.5 Å². The summed E-state index contributed by atoms with van der Waals surface area (Å²) in [5, 5.41) is 22.7. The number of amides is 1. The van der Waals surface area contributed by atoms with Crippen LogP contribution >= 0.6 is 0 Å². The maximum atomic E-state index is 12.3. The molecular weight excluding hydrogens is 675 g/mol. The smallest absolute Gasteiger partial charge is 0.220 e. The summed E-state index contributed by atoms with van der Waals surface area (Å²) in [4.78, 5) is 12.3. The first kappa shape index (κ1) is 53.6. The lowest BCUT2D eigenvalue weighted by Crippen LogP contribution is -2.45. The largest absolute Gasteiger partial charge is 0.394 e. The van der Waals surface area contributed by atoms with Crippen molar-refractivity contribution in [3.8, 4) is 0 Å². The van der Waals surface area contributed by atoms with E-state index in [1.165, 1.54) is 212 Å². The Bertz CT molecular complexity index is 836. The number of nitrogens with one attached hydrogen (secondary N) is 1. The third-order valence-electron chi connectivity index (χ3n) is 11.4. The van der Waals surface area contributed by atoms with Gasteiger partial charge in [0, 0.05) is 6.42 Å². The molecule has 1 amide bonds. The van der Waals surface area contributed by atoms with Gasteiger partial charge in [-0.3, -0.25) is 4.79 Å². The van der Waals surface area contributed by atoms with E-state index < -0.39 is 12.1 Å². The highest BCUT2D eigenvalue weighted by molar-refractivity contribution is 5.76. The van der Waals surface area contributed by atoms with Crippen LogP contribution in [0.1, 0.15) is 264 Å². The van der Waals surface area contributed by atoms with Gasteiger partial charge in [-0.25, -0.2) is 0 Å². The van der Waals surface area contributed by atoms with E-state index in [1.807, 2.05) is 6.08 Å². The Balaban J connectivity index is 3.32. The summed E-state index contributed by atoms with van der Waals surface area (Å²) in [6.07, 6.45) is 63.3. The molecule has 0 aliphatic heterocycles. The van der Waals surface area contributed by atoms with Gasteiger partial charge in [-0.1, -0.05) is 243 Å². The molecule has 324 valence electrons. The fourth-order valence-corrected chi connectivity index (χ4v) is 7.56. The van der Waals surface area contributed by atoms with Crippen LogP contribution in [-0.4, -0.2) is 34.9 Å². The van der Waals surface area contributed by atoms with Crippen molar-refractivity contribution >= 4 is 5.91 Å². The van der Waals surface area contributed by atoms with Crippen molar-refractivity contribution in [2.45, 2.75) is 276 Å². The molecule has 0 aliphatic carbocycles. The molecule has 2 atom stereocenters. The van der Waals surface area contributed by atoms with Gasteiger partial charge in [-0.05, 0) is 51.4 Å². The molecular formula is C51H97NO3. The monoisotopic (exact) mass is 772 g/mol. The first-order valence-electron chi connectivity index (χ1n) is 24.7. The number of rotatable bonds is 45. The summed E-state index contributed by atoms with van der Waals surface area (Å²) in [5.41, 5.74) is 0. The van der Waals surface area contributed by atoms with E-state index in [0.29, 0.717) is 6.42 Å². The fourth-order valence-electron chi connectivity index (χ4n) is 7.56. The van der Waals surface area contributed by atoms with E-state index in [-0.39, 0.29) is 12.5 Å². The van der Waals surface area contributed by atoms with Gasteiger partial charge in [-0.2, -0.15) is 0 Å². The number of hydrogen-bond donors (Lipinski definition) is 3. The Morgan fingerprint density at radius 3 is 1.11 bits per heavy atom. The molecule has 0 fully saturated rings.